The molecule has 0 aliphatic carbocycles. The van der Waals surface area contributed by atoms with Gasteiger partial charge in [-0.2, -0.15) is 0 Å². The topological polar surface area (TPSA) is 78.4 Å². The van der Waals surface area contributed by atoms with Crippen molar-refractivity contribution in [2.45, 2.75) is 45.6 Å². The lowest BCUT2D eigenvalue weighted by atomic mass is 10.0. The van der Waals surface area contributed by atoms with Crippen LogP contribution in [0.5, 0.6) is 0 Å². The van der Waals surface area contributed by atoms with Gasteiger partial charge in [0.2, 0.25) is 0 Å². The predicted octanol–water partition coefficient (Wildman–Crippen LogP) is 3.01. The summed E-state index contributed by atoms with van der Waals surface area (Å²) in [5, 5.41) is 14.7. The number of amides is 2. The summed E-state index contributed by atoms with van der Waals surface area (Å²) in [6.45, 7) is 4.66. The van der Waals surface area contributed by atoms with E-state index in [-0.39, 0.29) is 12.5 Å². The van der Waals surface area contributed by atoms with Crippen LogP contribution in [0.4, 0.5) is 10.5 Å². The third-order valence-electron chi connectivity index (χ3n) is 3.88. The Hall–Kier alpha value is -2.08. The van der Waals surface area contributed by atoms with Gasteiger partial charge < -0.3 is 20.2 Å². The van der Waals surface area contributed by atoms with Gasteiger partial charge in [-0.15, -0.1) is 0 Å². The van der Waals surface area contributed by atoms with E-state index in [0.29, 0.717) is 11.0 Å². The number of carbonyl (C=O) groups is 2. The van der Waals surface area contributed by atoms with Gasteiger partial charge in [0.05, 0.1) is 40.2 Å². The van der Waals surface area contributed by atoms with Gasteiger partial charge in [0.1, 0.15) is 0 Å². The normalized spacial score (nSPS) is 12.5. The highest BCUT2D eigenvalue weighted by molar-refractivity contribution is 5.90. The van der Waals surface area contributed by atoms with E-state index in [4.69, 9.17) is 5.11 Å². The second-order valence-electron chi connectivity index (χ2n) is 7.62. The number of nitrogens with one attached hydrogen (secondary N) is 2. The molecule has 0 aliphatic rings. The molecule has 0 saturated carbocycles. The number of carbonyl (C=O) groups excluding carboxylic acids is 1. The lowest BCUT2D eigenvalue weighted by Crippen LogP contribution is -2.50. The number of aliphatic carboxylic acids is 1. The van der Waals surface area contributed by atoms with Crippen LogP contribution >= 0.6 is 0 Å². The third-order valence-corrected chi connectivity index (χ3v) is 3.88. The van der Waals surface area contributed by atoms with E-state index >= 15 is 0 Å². The lowest BCUT2D eigenvalue weighted by molar-refractivity contribution is -0.871. The molecule has 0 spiro atoms. The Balaban J connectivity index is 2.71. The molecule has 1 rings (SSSR count). The Morgan fingerprint density at radius 1 is 1.24 bits per heavy atom. The van der Waals surface area contributed by atoms with E-state index in [1.54, 1.807) is 0 Å². The fourth-order valence-electron chi connectivity index (χ4n) is 2.78. The van der Waals surface area contributed by atoms with Crippen molar-refractivity contribution in [2.24, 2.45) is 0 Å². The van der Waals surface area contributed by atoms with E-state index in [2.05, 4.69) is 23.6 Å². The average molecular weight is 350 g/mol. The number of carboxylic acids is 1. The van der Waals surface area contributed by atoms with Crippen LogP contribution in [0.1, 0.15) is 37.3 Å². The quantitative estimate of drug-likeness (QED) is 0.599. The lowest BCUT2D eigenvalue weighted by Gasteiger charge is -2.29. The molecule has 0 saturated heterocycles. The molecule has 140 valence electrons. The third kappa shape index (κ3) is 8.54. The van der Waals surface area contributed by atoms with Crippen LogP contribution in [-0.2, 0) is 11.2 Å². The van der Waals surface area contributed by atoms with Gasteiger partial charge in [0, 0.05) is 5.69 Å². The summed E-state index contributed by atoms with van der Waals surface area (Å²) < 4.78 is 0.573. The first-order chi connectivity index (χ1) is 11.6. The zero-order valence-electron chi connectivity index (χ0n) is 16.1. The highest BCUT2D eigenvalue weighted by atomic mass is 16.4. The molecule has 1 atom stereocenters. The Morgan fingerprint density at radius 2 is 1.92 bits per heavy atom. The molecule has 0 bridgehead atoms. The first-order valence-corrected chi connectivity index (χ1v) is 8.80. The van der Waals surface area contributed by atoms with Gasteiger partial charge in [-0.3, -0.25) is 4.79 Å². The van der Waals surface area contributed by atoms with Crippen LogP contribution in [0.25, 0.3) is 0 Å². The van der Waals surface area contributed by atoms with Gasteiger partial charge in [0.25, 0.3) is 0 Å². The van der Waals surface area contributed by atoms with Crippen molar-refractivity contribution in [2.75, 3.05) is 33.0 Å². The summed E-state index contributed by atoms with van der Waals surface area (Å²) in [5.41, 5.74) is 3.02. The molecule has 0 aromatic heterocycles. The minimum Gasteiger partial charge on any atom is -0.481 e. The number of anilines is 1. The number of aryl methyl sites for hydroxylation is 2. The molecule has 25 heavy (non-hydrogen) atoms. The molecule has 0 fully saturated rings. The summed E-state index contributed by atoms with van der Waals surface area (Å²) in [5.74, 6) is -0.921. The largest absolute Gasteiger partial charge is 0.481 e. The fourth-order valence-corrected chi connectivity index (χ4v) is 2.78. The Morgan fingerprint density at radius 3 is 2.44 bits per heavy atom. The van der Waals surface area contributed by atoms with Crippen molar-refractivity contribution in [3.8, 4) is 0 Å². The highest BCUT2D eigenvalue weighted by Gasteiger charge is 2.23. The van der Waals surface area contributed by atoms with Crippen molar-refractivity contribution in [3.05, 3.63) is 29.3 Å². The zero-order chi connectivity index (χ0) is 19.0. The van der Waals surface area contributed by atoms with Crippen LogP contribution in [0.2, 0.25) is 0 Å². The molecule has 0 aliphatic heterocycles. The standard InChI is InChI=1S/C19H31N3O3/c1-6-7-8-15-9-10-17(14(2)11-15)21-19(25)20-16(12-18(23)24)13-22(3,4)5/h9-11,16H,6-8,12-13H2,1-5H3,(H2-,20,21,23,24,25)/p+1/t16-/m1/s1. The van der Waals surface area contributed by atoms with Gasteiger partial charge in [-0.25, -0.2) is 4.79 Å². The number of benzene rings is 1. The summed E-state index contributed by atoms with van der Waals surface area (Å²) in [4.78, 5) is 23.3. The number of hydrogen-bond donors (Lipinski definition) is 3. The van der Waals surface area contributed by atoms with Crippen LogP contribution in [0.3, 0.4) is 0 Å². The second kappa shape index (κ2) is 9.42. The van der Waals surface area contributed by atoms with Crippen LogP contribution in [0.15, 0.2) is 18.2 Å². The summed E-state index contributed by atoms with van der Waals surface area (Å²) in [6, 6.07) is 5.22. The molecule has 1 aromatic carbocycles. The van der Waals surface area contributed by atoms with Crippen LogP contribution in [0, 0.1) is 6.92 Å². The number of quaternary nitrogens is 1. The number of rotatable bonds is 9. The van der Waals surface area contributed by atoms with E-state index in [1.165, 1.54) is 5.56 Å². The maximum absolute atomic E-state index is 12.3. The molecular weight excluding hydrogens is 318 g/mol. The Bertz CT molecular complexity index is 594. The second-order valence-corrected chi connectivity index (χ2v) is 7.62. The maximum Gasteiger partial charge on any atom is 0.319 e. The van der Waals surface area contributed by atoms with E-state index < -0.39 is 12.0 Å². The molecule has 2 amide bonds. The highest BCUT2D eigenvalue weighted by Crippen LogP contribution is 2.18. The zero-order valence-corrected chi connectivity index (χ0v) is 16.1. The van der Waals surface area contributed by atoms with E-state index in [0.717, 1.165) is 30.5 Å². The summed E-state index contributed by atoms with van der Waals surface area (Å²) >= 11 is 0. The maximum atomic E-state index is 12.3. The number of hydrogen-bond acceptors (Lipinski definition) is 2. The molecule has 0 radical (unpaired) electrons. The fraction of sp³-hybridized carbons (Fsp3) is 0.579. The molecular formula is C19H32N3O3+. The molecule has 6 heteroatoms. The Labute approximate surface area is 150 Å². The predicted molar refractivity (Wildman–Crippen MR) is 101 cm³/mol. The number of unbranched alkanes of at least 4 members (excludes halogenated alkanes) is 1. The first-order valence-electron chi connectivity index (χ1n) is 8.80. The van der Waals surface area contributed by atoms with Crippen LogP contribution in [-0.4, -0.2) is 55.3 Å². The van der Waals surface area contributed by atoms with Crippen molar-refractivity contribution in [1.82, 2.24) is 5.32 Å². The molecule has 0 heterocycles. The van der Waals surface area contributed by atoms with Crippen molar-refractivity contribution in [1.29, 1.82) is 0 Å². The number of nitrogens with zero attached hydrogens (tertiary/aromatic N) is 1. The van der Waals surface area contributed by atoms with Crippen molar-refractivity contribution < 1.29 is 19.2 Å². The van der Waals surface area contributed by atoms with Gasteiger partial charge in [-0.1, -0.05) is 25.5 Å². The minimum atomic E-state index is -0.921. The Kier molecular flexibility index (Phi) is 7.90. The van der Waals surface area contributed by atoms with E-state index in [1.807, 2.05) is 40.2 Å². The summed E-state index contributed by atoms with van der Waals surface area (Å²) in [7, 11) is 5.90. The van der Waals surface area contributed by atoms with Gasteiger partial charge >= 0.3 is 12.0 Å². The SMILES string of the molecule is CCCCc1ccc(NC(=O)N[C@H](CC(=O)O)C[N+](C)(C)C)c(C)c1. The van der Waals surface area contributed by atoms with E-state index in [9.17, 15) is 9.59 Å². The van der Waals surface area contributed by atoms with Crippen molar-refractivity contribution >= 4 is 17.7 Å². The first kappa shape index (κ1) is 21.0. The summed E-state index contributed by atoms with van der Waals surface area (Å²) in [6.07, 6.45) is 3.24. The number of carboxylic acid groups (broad SMARTS) is 1. The number of urea groups is 1. The van der Waals surface area contributed by atoms with Crippen molar-refractivity contribution in [3.63, 3.8) is 0 Å². The monoisotopic (exact) mass is 350 g/mol. The minimum absolute atomic E-state index is 0.0993. The molecule has 3 N–H and O–H groups in total. The molecule has 6 nitrogen and oxygen atoms in total. The van der Waals surface area contributed by atoms with Gasteiger partial charge in [0.15, 0.2) is 0 Å². The molecule has 0 unspecified atom stereocenters. The molecule has 1 aromatic rings. The number of likely N-dealkylation sites (N-methyl/N-ethyl adjacent to an activating group) is 1. The average Bonchev–Trinajstić information content (AvgIpc) is 2.45. The smallest absolute Gasteiger partial charge is 0.319 e. The van der Waals surface area contributed by atoms with Crippen LogP contribution < -0.4 is 10.6 Å². The van der Waals surface area contributed by atoms with Gasteiger partial charge in [-0.05, 0) is 37.0 Å².